The first-order chi connectivity index (χ1) is 11.6. The van der Waals surface area contributed by atoms with Gasteiger partial charge in [-0.2, -0.15) is 0 Å². The molecule has 2 aromatic carbocycles. The fourth-order valence-corrected chi connectivity index (χ4v) is 2.36. The first-order valence-corrected chi connectivity index (χ1v) is 8.08. The molecular formula is C19H24N2O3. The summed E-state index contributed by atoms with van der Waals surface area (Å²) in [7, 11) is 0. The third-order valence-electron chi connectivity index (χ3n) is 3.38. The molecule has 0 heterocycles. The normalized spacial score (nSPS) is 11.8. The summed E-state index contributed by atoms with van der Waals surface area (Å²) >= 11 is 0. The lowest BCUT2D eigenvalue weighted by molar-refractivity contribution is 0.214. The van der Waals surface area contributed by atoms with Crippen LogP contribution in [0.5, 0.6) is 11.5 Å². The number of aliphatic hydroxyl groups is 1. The van der Waals surface area contributed by atoms with Crippen LogP contribution in [0, 0.1) is 5.92 Å². The second-order valence-corrected chi connectivity index (χ2v) is 6.05. The molecule has 1 unspecified atom stereocenters. The van der Waals surface area contributed by atoms with Crippen molar-refractivity contribution in [3.63, 3.8) is 0 Å². The van der Waals surface area contributed by atoms with Gasteiger partial charge in [-0.15, -0.1) is 0 Å². The van der Waals surface area contributed by atoms with E-state index >= 15 is 0 Å². The number of nitrogens with one attached hydrogen (secondary N) is 2. The van der Waals surface area contributed by atoms with Crippen molar-refractivity contribution in [3.05, 3.63) is 54.6 Å². The molecule has 5 heteroatoms. The number of amides is 2. The van der Waals surface area contributed by atoms with Crippen molar-refractivity contribution < 1.29 is 14.6 Å². The predicted molar refractivity (Wildman–Crippen MR) is 95.4 cm³/mol. The molecule has 24 heavy (non-hydrogen) atoms. The summed E-state index contributed by atoms with van der Waals surface area (Å²) in [5, 5.41) is 14.9. The van der Waals surface area contributed by atoms with Crippen molar-refractivity contribution in [3.8, 4) is 11.5 Å². The summed E-state index contributed by atoms with van der Waals surface area (Å²) < 4.78 is 5.74. The Balaban J connectivity index is 1.95. The zero-order valence-electron chi connectivity index (χ0n) is 14.0. The summed E-state index contributed by atoms with van der Waals surface area (Å²) in [6, 6.07) is 16.0. The summed E-state index contributed by atoms with van der Waals surface area (Å²) in [5.41, 5.74) is 0.627. The van der Waals surface area contributed by atoms with Gasteiger partial charge in [-0.3, -0.25) is 0 Å². The minimum atomic E-state index is -0.341. The highest BCUT2D eigenvalue weighted by atomic mass is 16.5. The van der Waals surface area contributed by atoms with Crippen LogP contribution in [0.1, 0.15) is 20.3 Å². The third kappa shape index (κ3) is 5.93. The van der Waals surface area contributed by atoms with E-state index in [1.54, 1.807) is 12.1 Å². The van der Waals surface area contributed by atoms with Gasteiger partial charge in [0.05, 0.1) is 12.6 Å². The first kappa shape index (κ1) is 17.8. The van der Waals surface area contributed by atoms with Gasteiger partial charge in [0.25, 0.3) is 0 Å². The highest BCUT2D eigenvalue weighted by molar-refractivity contribution is 5.89. The van der Waals surface area contributed by atoms with Crippen molar-refractivity contribution in [2.24, 2.45) is 5.92 Å². The van der Waals surface area contributed by atoms with Crippen LogP contribution >= 0.6 is 0 Å². The largest absolute Gasteiger partial charge is 0.457 e. The van der Waals surface area contributed by atoms with E-state index < -0.39 is 0 Å². The number of benzene rings is 2. The highest BCUT2D eigenvalue weighted by Crippen LogP contribution is 2.23. The maximum atomic E-state index is 12.1. The number of carbonyl (C=O) groups excluding carboxylic acids is 1. The van der Waals surface area contributed by atoms with Gasteiger partial charge in [-0.05, 0) is 36.6 Å². The molecule has 0 radical (unpaired) electrons. The number of para-hydroxylation sites is 1. The molecular weight excluding hydrogens is 304 g/mol. The Morgan fingerprint density at radius 1 is 1.08 bits per heavy atom. The van der Waals surface area contributed by atoms with Crippen LogP contribution in [0.3, 0.4) is 0 Å². The minimum absolute atomic E-state index is 0.0806. The van der Waals surface area contributed by atoms with Crippen LogP contribution in [0.4, 0.5) is 10.5 Å². The van der Waals surface area contributed by atoms with Crippen molar-refractivity contribution in [2.75, 3.05) is 11.9 Å². The van der Waals surface area contributed by atoms with E-state index in [0.717, 1.165) is 12.2 Å². The Bertz CT molecular complexity index is 644. The Labute approximate surface area is 142 Å². The van der Waals surface area contributed by atoms with Crippen LogP contribution < -0.4 is 15.4 Å². The average molecular weight is 328 g/mol. The fourth-order valence-electron chi connectivity index (χ4n) is 2.36. The van der Waals surface area contributed by atoms with E-state index in [4.69, 9.17) is 4.74 Å². The minimum Gasteiger partial charge on any atom is -0.457 e. The molecule has 5 nitrogen and oxygen atoms in total. The van der Waals surface area contributed by atoms with E-state index in [0.29, 0.717) is 17.4 Å². The number of carbonyl (C=O) groups is 1. The summed E-state index contributed by atoms with van der Waals surface area (Å²) in [6.07, 6.45) is 0.723. The highest BCUT2D eigenvalue weighted by Gasteiger charge is 2.13. The lowest BCUT2D eigenvalue weighted by atomic mass is 10.0. The number of aliphatic hydroxyl groups excluding tert-OH is 1. The first-order valence-electron chi connectivity index (χ1n) is 8.08. The molecule has 2 aromatic rings. The summed E-state index contributed by atoms with van der Waals surface area (Å²) in [4.78, 5) is 12.1. The lowest BCUT2D eigenvalue weighted by Gasteiger charge is -2.18. The Morgan fingerprint density at radius 3 is 2.46 bits per heavy atom. The van der Waals surface area contributed by atoms with Crippen LogP contribution in [0.25, 0.3) is 0 Å². The second-order valence-electron chi connectivity index (χ2n) is 6.05. The van der Waals surface area contributed by atoms with Crippen LogP contribution in [0.2, 0.25) is 0 Å². The molecule has 0 spiro atoms. The van der Waals surface area contributed by atoms with Gasteiger partial charge < -0.3 is 20.5 Å². The molecule has 1 atom stereocenters. The Kier molecular flexibility index (Phi) is 6.63. The fraction of sp³-hybridized carbons (Fsp3) is 0.316. The van der Waals surface area contributed by atoms with Crippen molar-refractivity contribution in [2.45, 2.75) is 26.3 Å². The zero-order chi connectivity index (χ0) is 17.4. The van der Waals surface area contributed by atoms with Gasteiger partial charge in [0.1, 0.15) is 11.5 Å². The number of hydrogen-bond donors (Lipinski definition) is 3. The van der Waals surface area contributed by atoms with Crippen molar-refractivity contribution in [1.82, 2.24) is 5.32 Å². The van der Waals surface area contributed by atoms with Crippen LogP contribution in [-0.4, -0.2) is 23.8 Å². The molecule has 0 bridgehead atoms. The molecule has 2 amide bonds. The van der Waals surface area contributed by atoms with Crippen LogP contribution in [0.15, 0.2) is 54.6 Å². The van der Waals surface area contributed by atoms with Gasteiger partial charge >= 0.3 is 6.03 Å². The number of anilines is 1. The van der Waals surface area contributed by atoms with Crippen molar-refractivity contribution in [1.29, 1.82) is 0 Å². The second kappa shape index (κ2) is 8.93. The maximum absolute atomic E-state index is 12.1. The van der Waals surface area contributed by atoms with Crippen molar-refractivity contribution >= 4 is 11.7 Å². The van der Waals surface area contributed by atoms with E-state index in [1.165, 1.54) is 0 Å². The van der Waals surface area contributed by atoms with Gasteiger partial charge in [0, 0.05) is 11.8 Å². The smallest absolute Gasteiger partial charge is 0.319 e. The SMILES string of the molecule is CC(C)CC(CO)NC(=O)Nc1cccc(Oc2ccccc2)c1. The Hall–Kier alpha value is -2.53. The van der Waals surface area contributed by atoms with Gasteiger partial charge in [-0.25, -0.2) is 4.79 Å². The standard InChI is InChI=1S/C19H24N2O3/c1-14(2)11-16(13-22)21-19(23)20-15-7-6-10-18(12-15)24-17-8-4-3-5-9-17/h3-10,12,14,16,22H,11,13H2,1-2H3,(H2,20,21,23). The number of rotatable bonds is 7. The van der Waals surface area contributed by atoms with E-state index in [2.05, 4.69) is 10.6 Å². The van der Waals surface area contributed by atoms with Gasteiger partial charge in [0.2, 0.25) is 0 Å². The van der Waals surface area contributed by atoms with Crippen LogP contribution in [-0.2, 0) is 0 Å². The average Bonchev–Trinajstić information content (AvgIpc) is 2.55. The topological polar surface area (TPSA) is 70.6 Å². The Morgan fingerprint density at radius 2 is 1.79 bits per heavy atom. The van der Waals surface area contributed by atoms with E-state index in [-0.39, 0.29) is 18.7 Å². The van der Waals surface area contributed by atoms with Gasteiger partial charge in [-0.1, -0.05) is 38.1 Å². The number of urea groups is 1. The van der Waals surface area contributed by atoms with Gasteiger partial charge in [0.15, 0.2) is 0 Å². The zero-order valence-corrected chi connectivity index (χ0v) is 14.0. The molecule has 128 valence electrons. The van der Waals surface area contributed by atoms with E-state index in [9.17, 15) is 9.90 Å². The summed E-state index contributed by atoms with van der Waals surface area (Å²) in [5.74, 6) is 1.77. The molecule has 0 aliphatic rings. The summed E-state index contributed by atoms with van der Waals surface area (Å²) in [6.45, 7) is 4.02. The molecule has 0 fully saturated rings. The predicted octanol–water partition coefficient (Wildman–Crippen LogP) is 4.01. The van der Waals surface area contributed by atoms with E-state index in [1.807, 2.05) is 56.3 Å². The third-order valence-corrected chi connectivity index (χ3v) is 3.38. The lowest BCUT2D eigenvalue weighted by Crippen LogP contribution is -2.40. The number of hydrogen-bond acceptors (Lipinski definition) is 3. The quantitative estimate of drug-likeness (QED) is 0.719. The molecule has 0 aliphatic heterocycles. The number of ether oxygens (including phenoxy) is 1. The molecule has 0 saturated heterocycles. The monoisotopic (exact) mass is 328 g/mol. The molecule has 0 saturated carbocycles. The molecule has 3 N–H and O–H groups in total. The maximum Gasteiger partial charge on any atom is 0.319 e. The molecule has 0 aliphatic carbocycles. The molecule has 2 rings (SSSR count). The molecule has 0 aromatic heterocycles.